The van der Waals surface area contributed by atoms with Crippen LogP contribution in [0.4, 0.5) is 0 Å². The van der Waals surface area contributed by atoms with Crippen molar-refractivity contribution in [3.63, 3.8) is 0 Å². The van der Waals surface area contributed by atoms with Gasteiger partial charge in [0.2, 0.25) is 0 Å². The van der Waals surface area contributed by atoms with Crippen molar-refractivity contribution in [2.24, 2.45) is 5.92 Å². The normalized spacial score (nSPS) is 10.8. The van der Waals surface area contributed by atoms with Gasteiger partial charge >= 0.3 is 5.97 Å². The van der Waals surface area contributed by atoms with Crippen LogP contribution in [0, 0.1) is 5.92 Å². The van der Waals surface area contributed by atoms with Crippen LogP contribution in [0.3, 0.4) is 0 Å². The van der Waals surface area contributed by atoms with Gasteiger partial charge in [-0.2, -0.15) is 0 Å². The van der Waals surface area contributed by atoms with Gasteiger partial charge < -0.3 is 15.2 Å². The van der Waals surface area contributed by atoms with E-state index in [1.54, 1.807) is 0 Å². The molecule has 0 atom stereocenters. The molecule has 4 nitrogen and oxygen atoms in total. The minimum absolute atomic E-state index is 0.166. The number of carboxylic acids is 1. The highest BCUT2D eigenvalue weighted by Gasteiger charge is 2.00. The molecule has 0 aliphatic carbocycles. The summed E-state index contributed by atoms with van der Waals surface area (Å²) in [5.74, 6) is 0.873. The number of hydrogen-bond donors (Lipinski definition) is 2. The van der Waals surface area contributed by atoms with E-state index in [-0.39, 0.29) is 6.42 Å². The topological polar surface area (TPSA) is 58.6 Å². The molecule has 4 heteroatoms. The number of benzene rings is 1. The Bertz CT molecular complexity index is 418. The van der Waals surface area contributed by atoms with Crippen LogP contribution in [0.2, 0.25) is 0 Å². The molecule has 0 fully saturated rings. The molecule has 0 saturated carbocycles. The smallest absolute Gasteiger partial charge is 0.304 e. The maximum Gasteiger partial charge on any atom is 0.304 e. The standard InChI is InChI=1S/C17H27NO3/c1-14(2)5-4-12-21-16-7-3-6-15(13-16)8-10-18-11-9-17(19)20/h3,6-7,13-14,18H,4-5,8-12H2,1-2H3,(H,19,20). The highest BCUT2D eigenvalue weighted by molar-refractivity contribution is 5.66. The van der Waals surface area contributed by atoms with Crippen LogP contribution in [0.25, 0.3) is 0 Å². The maximum atomic E-state index is 10.4. The van der Waals surface area contributed by atoms with Crippen molar-refractivity contribution < 1.29 is 14.6 Å². The molecule has 0 aliphatic rings. The average Bonchev–Trinajstić information content (AvgIpc) is 2.43. The molecule has 21 heavy (non-hydrogen) atoms. The summed E-state index contributed by atoms with van der Waals surface area (Å²) >= 11 is 0. The van der Waals surface area contributed by atoms with E-state index >= 15 is 0 Å². The Morgan fingerprint density at radius 1 is 1.33 bits per heavy atom. The second kappa shape index (κ2) is 10.2. The second-order valence-electron chi connectivity index (χ2n) is 5.68. The zero-order valence-corrected chi connectivity index (χ0v) is 13.1. The number of carbonyl (C=O) groups is 1. The van der Waals surface area contributed by atoms with Crippen molar-refractivity contribution in [2.75, 3.05) is 19.7 Å². The van der Waals surface area contributed by atoms with E-state index < -0.39 is 5.97 Å². The molecule has 0 radical (unpaired) electrons. The van der Waals surface area contributed by atoms with E-state index in [9.17, 15) is 4.79 Å². The predicted octanol–water partition coefficient (Wildman–Crippen LogP) is 3.11. The number of carboxylic acid groups (broad SMARTS) is 1. The zero-order chi connectivity index (χ0) is 15.5. The van der Waals surface area contributed by atoms with Gasteiger partial charge in [0, 0.05) is 6.54 Å². The Morgan fingerprint density at radius 3 is 2.86 bits per heavy atom. The van der Waals surface area contributed by atoms with Gasteiger partial charge in [-0.05, 0) is 49.4 Å². The lowest BCUT2D eigenvalue weighted by Gasteiger charge is -2.09. The van der Waals surface area contributed by atoms with Gasteiger partial charge in [-0.3, -0.25) is 4.79 Å². The van der Waals surface area contributed by atoms with E-state index in [0.29, 0.717) is 6.54 Å². The number of rotatable bonds is 11. The van der Waals surface area contributed by atoms with Crippen LogP contribution in [0.15, 0.2) is 24.3 Å². The quantitative estimate of drug-likeness (QED) is 0.616. The van der Waals surface area contributed by atoms with E-state index in [1.165, 1.54) is 12.0 Å². The summed E-state index contributed by atoms with van der Waals surface area (Å²) in [6.07, 6.45) is 3.31. The Morgan fingerprint density at radius 2 is 2.14 bits per heavy atom. The van der Waals surface area contributed by atoms with Crippen LogP contribution in [0.5, 0.6) is 5.75 Å². The Kier molecular flexibility index (Phi) is 8.51. The van der Waals surface area contributed by atoms with Crippen molar-refractivity contribution in [1.82, 2.24) is 5.32 Å². The van der Waals surface area contributed by atoms with Gasteiger partial charge in [-0.25, -0.2) is 0 Å². The first-order chi connectivity index (χ1) is 10.1. The van der Waals surface area contributed by atoms with Gasteiger partial charge in [-0.15, -0.1) is 0 Å². The summed E-state index contributed by atoms with van der Waals surface area (Å²) in [4.78, 5) is 10.4. The summed E-state index contributed by atoms with van der Waals surface area (Å²) in [5, 5.41) is 11.7. The average molecular weight is 293 g/mol. The monoisotopic (exact) mass is 293 g/mol. The van der Waals surface area contributed by atoms with Gasteiger partial charge in [-0.1, -0.05) is 26.0 Å². The van der Waals surface area contributed by atoms with Crippen molar-refractivity contribution in [1.29, 1.82) is 0 Å². The van der Waals surface area contributed by atoms with Gasteiger partial charge in [0.1, 0.15) is 5.75 Å². The largest absolute Gasteiger partial charge is 0.494 e. The Balaban J connectivity index is 2.23. The third-order valence-electron chi connectivity index (χ3n) is 3.20. The summed E-state index contributed by atoms with van der Waals surface area (Å²) in [6.45, 7) is 6.50. The minimum atomic E-state index is -0.765. The molecule has 2 N–H and O–H groups in total. The molecule has 1 rings (SSSR count). The van der Waals surface area contributed by atoms with Crippen LogP contribution in [-0.2, 0) is 11.2 Å². The van der Waals surface area contributed by atoms with Crippen LogP contribution in [-0.4, -0.2) is 30.8 Å². The summed E-state index contributed by atoms with van der Waals surface area (Å²) < 4.78 is 5.76. The molecule has 0 bridgehead atoms. The molecule has 0 amide bonds. The lowest BCUT2D eigenvalue weighted by Crippen LogP contribution is -2.20. The maximum absolute atomic E-state index is 10.4. The molecule has 0 heterocycles. The van der Waals surface area contributed by atoms with Crippen LogP contribution < -0.4 is 10.1 Å². The second-order valence-corrected chi connectivity index (χ2v) is 5.68. The molecule has 1 aromatic rings. The zero-order valence-electron chi connectivity index (χ0n) is 13.1. The molecular weight excluding hydrogens is 266 g/mol. The molecule has 118 valence electrons. The molecule has 0 aromatic heterocycles. The van der Waals surface area contributed by atoms with Crippen LogP contribution in [0.1, 0.15) is 38.7 Å². The SMILES string of the molecule is CC(C)CCCOc1cccc(CCNCCC(=O)O)c1. The van der Waals surface area contributed by atoms with Crippen molar-refractivity contribution in [2.45, 2.75) is 39.5 Å². The first kappa shape index (κ1) is 17.5. The number of aliphatic carboxylic acids is 1. The number of ether oxygens (including phenoxy) is 1. The lowest BCUT2D eigenvalue weighted by molar-refractivity contribution is -0.136. The third kappa shape index (κ3) is 9.08. The molecular formula is C17H27NO3. The Labute approximate surface area is 127 Å². The van der Waals surface area contributed by atoms with E-state index in [4.69, 9.17) is 9.84 Å². The number of nitrogens with one attached hydrogen (secondary N) is 1. The highest BCUT2D eigenvalue weighted by atomic mass is 16.5. The fraction of sp³-hybridized carbons (Fsp3) is 0.588. The van der Waals surface area contributed by atoms with Gasteiger partial charge in [0.15, 0.2) is 0 Å². The highest BCUT2D eigenvalue weighted by Crippen LogP contribution is 2.14. The summed E-state index contributed by atoms with van der Waals surface area (Å²) in [5.41, 5.74) is 1.21. The van der Waals surface area contributed by atoms with Crippen LogP contribution >= 0.6 is 0 Å². The molecule has 0 unspecified atom stereocenters. The first-order valence-electron chi connectivity index (χ1n) is 7.72. The first-order valence-corrected chi connectivity index (χ1v) is 7.72. The summed E-state index contributed by atoms with van der Waals surface area (Å²) in [7, 11) is 0. The van der Waals surface area contributed by atoms with Crippen molar-refractivity contribution >= 4 is 5.97 Å². The Hall–Kier alpha value is -1.55. The number of hydrogen-bond acceptors (Lipinski definition) is 3. The molecule has 0 saturated heterocycles. The summed E-state index contributed by atoms with van der Waals surface area (Å²) in [6, 6.07) is 8.12. The van der Waals surface area contributed by atoms with Gasteiger partial charge in [0.25, 0.3) is 0 Å². The molecule has 1 aromatic carbocycles. The van der Waals surface area contributed by atoms with Crippen molar-refractivity contribution in [3.8, 4) is 5.75 Å². The molecule has 0 aliphatic heterocycles. The van der Waals surface area contributed by atoms with Crippen molar-refractivity contribution in [3.05, 3.63) is 29.8 Å². The van der Waals surface area contributed by atoms with E-state index in [2.05, 4.69) is 31.3 Å². The fourth-order valence-corrected chi connectivity index (χ4v) is 2.03. The van der Waals surface area contributed by atoms with Gasteiger partial charge in [0.05, 0.1) is 13.0 Å². The lowest BCUT2D eigenvalue weighted by atomic mass is 10.1. The minimum Gasteiger partial charge on any atom is -0.494 e. The fourth-order valence-electron chi connectivity index (χ4n) is 2.03. The molecule has 0 spiro atoms. The van der Waals surface area contributed by atoms with E-state index in [1.807, 2.05) is 12.1 Å². The van der Waals surface area contributed by atoms with E-state index in [0.717, 1.165) is 37.7 Å². The predicted molar refractivity (Wildman–Crippen MR) is 84.8 cm³/mol. The third-order valence-corrected chi connectivity index (χ3v) is 3.20.